The van der Waals surface area contributed by atoms with Crippen LogP contribution in [-0.4, -0.2) is 18.2 Å². The Bertz CT molecular complexity index is 596. The summed E-state index contributed by atoms with van der Waals surface area (Å²) in [7, 11) is 1.64. The number of hydrogen-bond acceptors (Lipinski definition) is 6. The second-order valence-corrected chi connectivity index (χ2v) is 5.61. The summed E-state index contributed by atoms with van der Waals surface area (Å²) in [6, 6.07) is 5.87. The topological polar surface area (TPSA) is 69.4 Å². The molecule has 1 aromatic carbocycles. The number of aryl methyl sites for hydroxylation is 1. The van der Waals surface area contributed by atoms with Crippen LogP contribution in [0.25, 0.3) is 10.4 Å². The third-order valence-corrected chi connectivity index (χ3v) is 3.85. The number of thiazole rings is 1. The van der Waals surface area contributed by atoms with Crippen LogP contribution in [0.15, 0.2) is 18.2 Å². The fraction of sp³-hybridized carbons (Fsp3) is 0.357. The standard InChI is InChI=1S/C14H19N3O2S/c1-8(2)19-12-7-10(5-6-11(12)18-4)13-9(3)16-14(17-15)20-13/h5-8H,15H2,1-4H3,(H,16,17). The van der Waals surface area contributed by atoms with Crippen LogP contribution in [0.1, 0.15) is 19.5 Å². The lowest BCUT2D eigenvalue weighted by molar-refractivity contribution is 0.230. The van der Waals surface area contributed by atoms with Crippen LogP contribution < -0.4 is 20.7 Å². The Morgan fingerprint density at radius 3 is 2.60 bits per heavy atom. The highest BCUT2D eigenvalue weighted by Crippen LogP contribution is 2.37. The second kappa shape index (κ2) is 6.11. The van der Waals surface area contributed by atoms with Crippen molar-refractivity contribution < 1.29 is 9.47 Å². The van der Waals surface area contributed by atoms with Gasteiger partial charge < -0.3 is 9.47 Å². The third-order valence-electron chi connectivity index (χ3n) is 2.71. The largest absolute Gasteiger partial charge is 0.493 e. The van der Waals surface area contributed by atoms with Crippen molar-refractivity contribution in [2.45, 2.75) is 26.9 Å². The van der Waals surface area contributed by atoms with E-state index >= 15 is 0 Å². The number of nitrogens with one attached hydrogen (secondary N) is 1. The van der Waals surface area contributed by atoms with Gasteiger partial charge in [0.25, 0.3) is 0 Å². The predicted octanol–water partition coefficient (Wildman–Crippen LogP) is 3.20. The number of methoxy groups -OCH3 is 1. The minimum absolute atomic E-state index is 0.0861. The molecule has 1 aromatic heterocycles. The van der Waals surface area contributed by atoms with Gasteiger partial charge in [0.05, 0.1) is 23.8 Å². The summed E-state index contributed by atoms with van der Waals surface area (Å²) in [6.45, 7) is 5.93. The van der Waals surface area contributed by atoms with Crippen molar-refractivity contribution in [1.82, 2.24) is 4.98 Å². The highest BCUT2D eigenvalue weighted by atomic mass is 32.1. The Kier molecular flexibility index (Phi) is 4.46. The van der Waals surface area contributed by atoms with E-state index in [0.717, 1.165) is 27.6 Å². The third kappa shape index (κ3) is 3.02. The molecule has 1 heterocycles. The van der Waals surface area contributed by atoms with Crippen LogP contribution in [0.3, 0.4) is 0 Å². The second-order valence-electron chi connectivity index (χ2n) is 4.61. The van der Waals surface area contributed by atoms with Crippen molar-refractivity contribution in [3.63, 3.8) is 0 Å². The van der Waals surface area contributed by atoms with E-state index in [9.17, 15) is 0 Å². The SMILES string of the molecule is COc1ccc(-c2sc(NN)nc2C)cc1OC(C)C. The highest BCUT2D eigenvalue weighted by Gasteiger charge is 2.13. The lowest BCUT2D eigenvalue weighted by Crippen LogP contribution is -2.06. The smallest absolute Gasteiger partial charge is 0.197 e. The summed E-state index contributed by atoms with van der Waals surface area (Å²) >= 11 is 1.51. The van der Waals surface area contributed by atoms with Crippen LogP contribution in [0.4, 0.5) is 5.13 Å². The number of rotatable bonds is 5. The minimum Gasteiger partial charge on any atom is -0.493 e. The van der Waals surface area contributed by atoms with Gasteiger partial charge in [-0.3, -0.25) is 5.43 Å². The molecule has 0 unspecified atom stereocenters. The molecule has 0 atom stereocenters. The molecule has 0 saturated carbocycles. The van der Waals surface area contributed by atoms with Crippen molar-refractivity contribution in [3.05, 3.63) is 23.9 Å². The Labute approximate surface area is 122 Å². The first-order chi connectivity index (χ1) is 9.55. The van der Waals surface area contributed by atoms with Gasteiger partial charge in [0, 0.05) is 0 Å². The number of hydrogen-bond donors (Lipinski definition) is 2. The molecule has 108 valence electrons. The molecule has 0 amide bonds. The van der Waals surface area contributed by atoms with Crippen molar-refractivity contribution in [2.24, 2.45) is 5.84 Å². The van der Waals surface area contributed by atoms with Gasteiger partial charge in [-0.1, -0.05) is 11.3 Å². The van der Waals surface area contributed by atoms with Gasteiger partial charge in [0.1, 0.15) is 0 Å². The van der Waals surface area contributed by atoms with Crippen LogP contribution in [0.5, 0.6) is 11.5 Å². The van der Waals surface area contributed by atoms with Crippen LogP contribution in [0, 0.1) is 6.92 Å². The molecule has 0 radical (unpaired) electrons. The van der Waals surface area contributed by atoms with Crippen LogP contribution in [-0.2, 0) is 0 Å². The van der Waals surface area contributed by atoms with Gasteiger partial charge in [-0.2, -0.15) is 0 Å². The van der Waals surface area contributed by atoms with Crippen molar-refractivity contribution in [3.8, 4) is 21.9 Å². The first kappa shape index (κ1) is 14.6. The maximum Gasteiger partial charge on any atom is 0.197 e. The number of hydrazine groups is 1. The summed E-state index contributed by atoms with van der Waals surface area (Å²) in [5.74, 6) is 6.86. The highest BCUT2D eigenvalue weighted by molar-refractivity contribution is 7.19. The molecule has 2 aromatic rings. The lowest BCUT2D eigenvalue weighted by Gasteiger charge is -2.14. The zero-order valence-electron chi connectivity index (χ0n) is 12.1. The molecule has 0 fully saturated rings. The molecule has 3 N–H and O–H groups in total. The summed E-state index contributed by atoms with van der Waals surface area (Å²) in [6.07, 6.45) is 0.0861. The van der Waals surface area contributed by atoms with Gasteiger partial charge in [0.15, 0.2) is 16.6 Å². The molecule has 0 aliphatic heterocycles. The van der Waals surface area contributed by atoms with E-state index in [-0.39, 0.29) is 6.10 Å². The normalized spacial score (nSPS) is 10.7. The zero-order valence-corrected chi connectivity index (χ0v) is 12.9. The van der Waals surface area contributed by atoms with Crippen molar-refractivity contribution in [1.29, 1.82) is 0 Å². The van der Waals surface area contributed by atoms with E-state index in [1.807, 2.05) is 39.0 Å². The minimum atomic E-state index is 0.0861. The number of nitrogens with zero attached hydrogens (tertiary/aromatic N) is 1. The molecule has 0 aliphatic carbocycles. The predicted molar refractivity (Wildman–Crippen MR) is 82.4 cm³/mol. The summed E-state index contributed by atoms with van der Waals surface area (Å²) in [5, 5.41) is 0.694. The maximum atomic E-state index is 5.79. The average Bonchev–Trinajstić information content (AvgIpc) is 2.79. The molecule has 2 rings (SSSR count). The molecule has 0 bridgehead atoms. The first-order valence-electron chi connectivity index (χ1n) is 6.34. The first-order valence-corrected chi connectivity index (χ1v) is 7.16. The van der Waals surface area contributed by atoms with Crippen LogP contribution in [0.2, 0.25) is 0 Å². The van der Waals surface area contributed by atoms with E-state index in [0.29, 0.717) is 5.13 Å². The van der Waals surface area contributed by atoms with E-state index in [2.05, 4.69) is 10.4 Å². The van der Waals surface area contributed by atoms with E-state index < -0.39 is 0 Å². The van der Waals surface area contributed by atoms with Gasteiger partial charge in [-0.05, 0) is 44.5 Å². The van der Waals surface area contributed by atoms with Gasteiger partial charge in [-0.15, -0.1) is 0 Å². The molecule has 6 heteroatoms. The van der Waals surface area contributed by atoms with Gasteiger partial charge >= 0.3 is 0 Å². The van der Waals surface area contributed by atoms with E-state index in [1.54, 1.807) is 7.11 Å². The number of aromatic nitrogens is 1. The molecule has 20 heavy (non-hydrogen) atoms. The van der Waals surface area contributed by atoms with Gasteiger partial charge in [0.2, 0.25) is 0 Å². The zero-order chi connectivity index (χ0) is 14.7. The molecule has 5 nitrogen and oxygen atoms in total. The van der Waals surface area contributed by atoms with Gasteiger partial charge in [-0.25, -0.2) is 10.8 Å². The fourth-order valence-corrected chi connectivity index (χ4v) is 2.76. The van der Waals surface area contributed by atoms with E-state index in [1.165, 1.54) is 11.3 Å². The van der Waals surface area contributed by atoms with Crippen molar-refractivity contribution >= 4 is 16.5 Å². The van der Waals surface area contributed by atoms with E-state index in [4.69, 9.17) is 15.3 Å². The molecule has 0 aliphatic rings. The average molecular weight is 293 g/mol. The maximum absolute atomic E-state index is 5.79. The number of nitrogen functional groups attached to an aromatic ring is 1. The van der Waals surface area contributed by atoms with Crippen LogP contribution >= 0.6 is 11.3 Å². The summed E-state index contributed by atoms with van der Waals surface area (Å²) in [5.41, 5.74) is 4.55. The molecule has 0 saturated heterocycles. The Balaban J connectivity index is 2.43. The number of ether oxygens (including phenoxy) is 2. The quantitative estimate of drug-likeness (QED) is 0.654. The number of anilines is 1. The summed E-state index contributed by atoms with van der Waals surface area (Å²) < 4.78 is 11.1. The summed E-state index contributed by atoms with van der Waals surface area (Å²) in [4.78, 5) is 5.41. The molecular formula is C14H19N3O2S. The number of nitrogens with two attached hydrogens (primary N) is 1. The molecular weight excluding hydrogens is 274 g/mol. The fourth-order valence-electron chi connectivity index (χ4n) is 1.89. The Morgan fingerprint density at radius 1 is 1.30 bits per heavy atom. The van der Waals surface area contributed by atoms with Crippen molar-refractivity contribution in [2.75, 3.05) is 12.5 Å². The Morgan fingerprint density at radius 2 is 2.05 bits per heavy atom. The number of benzene rings is 1. The Hall–Kier alpha value is -1.79. The molecule has 0 spiro atoms. The lowest BCUT2D eigenvalue weighted by atomic mass is 10.1. The monoisotopic (exact) mass is 293 g/mol.